The maximum atomic E-state index is 11.9. The molecule has 1 saturated carbocycles. The van der Waals surface area contributed by atoms with Gasteiger partial charge in [0.15, 0.2) is 0 Å². The third-order valence-corrected chi connectivity index (χ3v) is 4.83. The van der Waals surface area contributed by atoms with E-state index in [0.717, 1.165) is 24.2 Å². The van der Waals surface area contributed by atoms with Crippen LogP contribution in [-0.2, 0) is 11.2 Å². The zero-order valence-corrected chi connectivity index (χ0v) is 14.5. The topological polar surface area (TPSA) is 77.2 Å². The zero-order chi connectivity index (χ0) is 16.8. The molecule has 1 fully saturated rings. The Morgan fingerprint density at radius 3 is 2.75 bits per heavy atom. The molecule has 1 aromatic heterocycles. The number of nitrogens with zero attached hydrogens (tertiary/aromatic N) is 2. The predicted octanol–water partition coefficient (Wildman–Crippen LogP) is 2.82. The van der Waals surface area contributed by atoms with E-state index < -0.39 is 0 Å². The number of methoxy groups -OCH3 is 1. The van der Waals surface area contributed by atoms with Crippen LogP contribution >= 0.6 is 11.8 Å². The van der Waals surface area contributed by atoms with Crippen molar-refractivity contribution in [3.8, 4) is 5.75 Å². The molecule has 3 rings (SSSR count). The first-order chi connectivity index (χ1) is 11.7. The van der Waals surface area contributed by atoms with Gasteiger partial charge in [-0.05, 0) is 30.5 Å². The second kappa shape index (κ2) is 8.19. The smallest absolute Gasteiger partial charge is 0.277 e. The summed E-state index contributed by atoms with van der Waals surface area (Å²) in [6.45, 7) is 0. The number of thioether (sulfide) groups is 1. The van der Waals surface area contributed by atoms with Crippen LogP contribution in [0.25, 0.3) is 0 Å². The van der Waals surface area contributed by atoms with Gasteiger partial charge in [-0.25, -0.2) is 0 Å². The second-order valence-corrected chi connectivity index (χ2v) is 6.75. The average Bonchev–Trinajstić information content (AvgIpc) is 3.26. The van der Waals surface area contributed by atoms with Crippen LogP contribution in [0, 0.1) is 0 Å². The highest BCUT2D eigenvalue weighted by Crippen LogP contribution is 2.20. The Bertz CT molecular complexity index is 666. The van der Waals surface area contributed by atoms with Crippen LogP contribution in [0.2, 0.25) is 0 Å². The van der Waals surface area contributed by atoms with E-state index in [-0.39, 0.29) is 5.91 Å². The number of benzene rings is 1. The molecule has 0 radical (unpaired) electrons. The van der Waals surface area contributed by atoms with Crippen LogP contribution in [0.5, 0.6) is 5.75 Å². The van der Waals surface area contributed by atoms with Crippen LogP contribution in [-0.4, -0.2) is 35.0 Å². The zero-order valence-electron chi connectivity index (χ0n) is 13.7. The van der Waals surface area contributed by atoms with Crippen LogP contribution in [0.4, 0.5) is 0 Å². The van der Waals surface area contributed by atoms with Crippen LogP contribution in [0.3, 0.4) is 0 Å². The molecule has 0 saturated heterocycles. The Hall–Kier alpha value is -2.02. The molecule has 1 amide bonds. The Balaban J connectivity index is 1.46. The third kappa shape index (κ3) is 4.74. The van der Waals surface area contributed by atoms with Crippen molar-refractivity contribution in [3.05, 3.63) is 35.7 Å². The number of carbonyl (C=O) groups excluding carboxylic acids is 1. The minimum absolute atomic E-state index is 0.0294. The lowest BCUT2D eigenvalue weighted by Crippen LogP contribution is -2.33. The van der Waals surface area contributed by atoms with Gasteiger partial charge in [-0.1, -0.05) is 36.7 Å². The molecule has 1 aromatic carbocycles. The summed E-state index contributed by atoms with van der Waals surface area (Å²) in [5, 5.41) is 11.5. The first-order valence-electron chi connectivity index (χ1n) is 8.10. The van der Waals surface area contributed by atoms with Gasteiger partial charge in [0, 0.05) is 6.04 Å². The van der Waals surface area contributed by atoms with Crippen LogP contribution in [0.1, 0.15) is 37.1 Å². The molecule has 2 aromatic rings. The molecule has 0 spiro atoms. The lowest BCUT2D eigenvalue weighted by Gasteiger charge is -2.10. The van der Waals surface area contributed by atoms with Crippen molar-refractivity contribution in [2.75, 3.05) is 12.9 Å². The first kappa shape index (κ1) is 16.8. The lowest BCUT2D eigenvalue weighted by atomic mass is 10.1. The molecule has 6 nitrogen and oxygen atoms in total. The largest absolute Gasteiger partial charge is 0.497 e. The average molecular weight is 347 g/mol. The minimum Gasteiger partial charge on any atom is -0.497 e. The summed E-state index contributed by atoms with van der Waals surface area (Å²) in [5.41, 5.74) is 1.06. The van der Waals surface area contributed by atoms with Gasteiger partial charge < -0.3 is 14.5 Å². The number of carbonyl (C=O) groups is 1. The number of rotatable bonds is 7. The minimum atomic E-state index is 0.0294. The number of aromatic nitrogens is 2. The summed E-state index contributed by atoms with van der Waals surface area (Å²) in [7, 11) is 1.64. The molecule has 1 N–H and O–H groups in total. The Morgan fingerprint density at radius 1 is 1.29 bits per heavy atom. The van der Waals surface area contributed by atoms with Gasteiger partial charge in [0.25, 0.3) is 5.22 Å². The quantitative estimate of drug-likeness (QED) is 0.776. The first-order valence-corrected chi connectivity index (χ1v) is 9.09. The number of nitrogens with one attached hydrogen (secondary N) is 1. The Kier molecular flexibility index (Phi) is 5.74. The maximum Gasteiger partial charge on any atom is 0.277 e. The monoisotopic (exact) mass is 347 g/mol. The molecule has 1 aliphatic carbocycles. The molecule has 128 valence electrons. The highest BCUT2D eigenvalue weighted by Gasteiger charge is 2.17. The molecule has 0 unspecified atom stereocenters. The predicted molar refractivity (Wildman–Crippen MR) is 91.2 cm³/mol. The van der Waals surface area contributed by atoms with Crippen molar-refractivity contribution >= 4 is 17.7 Å². The van der Waals surface area contributed by atoms with E-state index in [2.05, 4.69) is 15.5 Å². The van der Waals surface area contributed by atoms with Crippen molar-refractivity contribution in [1.82, 2.24) is 15.5 Å². The summed E-state index contributed by atoms with van der Waals surface area (Å²) in [4.78, 5) is 11.9. The highest BCUT2D eigenvalue weighted by atomic mass is 32.2. The molecule has 24 heavy (non-hydrogen) atoms. The fraction of sp³-hybridized carbons (Fsp3) is 0.471. The molecule has 1 aliphatic rings. The van der Waals surface area contributed by atoms with E-state index >= 15 is 0 Å². The summed E-state index contributed by atoms with van der Waals surface area (Å²) >= 11 is 1.28. The molecule has 0 aliphatic heterocycles. The SMILES string of the molecule is COc1ccc(Cc2nnc(SCC(=O)NC3CCCC3)o2)cc1. The number of amides is 1. The summed E-state index contributed by atoms with van der Waals surface area (Å²) in [6.07, 6.45) is 5.14. The van der Waals surface area contributed by atoms with Gasteiger partial charge in [0.2, 0.25) is 11.8 Å². The maximum absolute atomic E-state index is 11.9. The van der Waals surface area contributed by atoms with Gasteiger partial charge in [-0.3, -0.25) is 4.79 Å². The Labute approximate surface area is 145 Å². The normalized spacial score (nSPS) is 14.7. The van der Waals surface area contributed by atoms with Gasteiger partial charge in [0.05, 0.1) is 19.3 Å². The third-order valence-electron chi connectivity index (χ3n) is 4.01. The highest BCUT2D eigenvalue weighted by molar-refractivity contribution is 7.99. The summed E-state index contributed by atoms with van der Waals surface area (Å²) < 4.78 is 10.7. The van der Waals surface area contributed by atoms with Crippen molar-refractivity contribution in [2.24, 2.45) is 0 Å². The van der Waals surface area contributed by atoms with E-state index in [1.165, 1.54) is 24.6 Å². The molecular weight excluding hydrogens is 326 g/mol. The van der Waals surface area contributed by atoms with Gasteiger partial charge in [-0.15, -0.1) is 10.2 Å². The number of hydrogen-bond donors (Lipinski definition) is 1. The molecule has 7 heteroatoms. The van der Waals surface area contributed by atoms with Gasteiger partial charge in [-0.2, -0.15) is 0 Å². The van der Waals surface area contributed by atoms with Crippen LogP contribution < -0.4 is 10.1 Å². The second-order valence-electron chi connectivity index (χ2n) is 5.82. The van der Waals surface area contributed by atoms with Crippen molar-refractivity contribution in [2.45, 2.75) is 43.4 Å². The van der Waals surface area contributed by atoms with Crippen LogP contribution in [0.15, 0.2) is 33.9 Å². The summed E-state index contributed by atoms with van der Waals surface area (Å²) in [5.74, 6) is 1.69. The van der Waals surface area contributed by atoms with Crippen molar-refractivity contribution in [1.29, 1.82) is 0 Å². The van der Waals surface area contributed by atoms with E-state index in [0.29, 0.717) is 29.3 Å². The van der Waals surface area contributed by atoms with Gasteiger partial charge >= 0.3 is 0 Å². The lowest BCUT2D eigenvalue weighted by molar-refractivity contribution is -0.119. The van der Waals surface area contributed by atoms with E-state index in [1.807, 2.05) is 24.3 Å². The molecular formula is C17H21N3O3S. The van der Waals surface area contributed by atoms with Crippen molar-refractivity contribution in [3.63, 3.8) is 0 Å². The van der Waals surface area contributed by atoms with E-state index in [1.54, 1.807) is 7.11 Å². The van der Waals surface area contributed by atoms with Crippen molar-refractivity contribution < 1.29 is 13.9 Å². The molecule has 0 bridgehead atoms. The van der Waals surface area contributed by atoms with E-state index in [9.17, 15) is 4.79 Å². The number of hydrogen-bond acceptors (Lipinski definition) is 6. The fourth-order valence-corrected chi connectivity index (χ4v) is 3.34. The van der Waals surface area contributed by atoms with Gasteiger partial charge in [0.1, 0.15) is 5.75 Å². The standard InChI is InChI=1S/C17H21N3O3S/c1-22-14-8-6-12(7-9-14)10-16-19-20-17(23-16)24-11-15(21)18-13-4-2-3-5-13/h6-9,13H,2-5,10-11H2,1H3,(H,18,21). The van der Waals surface area contributed by atoms with E-state index in [4.69, 9.17) is 9.15 Å². The Morgan fingerprint density at radius 2 is 2.04 bits per heavy atom. The molecule has 0 atom stereocenters. The summed E-state index contributed by atoms with van der Waals surface area (Å²) in [6, 6.07) is 8.06. The molecule has 1 heterocycles. The fourth-order valence-electron chi connectivity index (χ4n) is 2.75. The number of ether oxygens (including phenoxy) is 1.